The number of methoxy groups -OCH3 is 1. The van der Waals surface area contributed by atoms with Crippen molar-refractivity contribution in [2.45, 2.75) is 50.3 Å². The van der Waals surface area contributed by atoms with Gasteiger partial charge in [0.05, 0.1) is 6.61 Å². The van der Waals surface area contributed by atoms with Crippen LogP contribution in [0.4, 0.5) is 0 Å². The van der Waals surface area contributed by atoms with E-state index in [0.29, 0.717) is 0 Å². The van der Waals surface area contributed by atoms with E-state index in [-0.39, 0.29) is 12.7 Å². The van der Waals surface area contributed by atoms with Crippen molar-refractivity contribution >= 4 is 0 Å². The highest BCUT2D eigenvalue weighted by molar-refractivity contribution is 4.96. The van der Waals surface area contributed by atoms with Crippen molar-refractivity contribution in [3.05, 3.63) is 0 Å². The fourth-order valence-corrected chi connectivity index (χ4v) is 2.19. The lowest BCUT2D eigenvalue weighted by atomic mass is 10.1. The van der Waals surface area contributed by atoms with Crippen molar-refractivity contribution < 1.29 is 29.2 Å². The summed E-state index contributed by atoms with van der Waals surface area (Å²) in [5, 5.41) is 18.5. The average molecular weight is 234 g/mol. The molecule has 94 valence electrons. The number of hydrogen-bond acceptors (Lipinski definition) is 6. The maximum absolute atomic E-state index is 9.58. The molecule has 5 unspecified atom stereocenters. The smallest absolute Gasteiger partial charge is 0.190 e. The van der Waals surface area contributed by atoms with Crippen LogP contribution < -0.4 is 0 Å². The molecular formula is C10H18O6. The first kappa shape index (κ1) is 12.2. The summed E-state index contributed by atoms with van der Waals surface area (Å²) in [7, 11) is 1.52. The second kappa shape index (κ2) is 4.21. The van der Waals surface area contributed by atoms with E-state index in [0.717, 1.165) is 0 Å². The van der Waals surface area contributed by atoms with Crippen LogP contribution in [0.5, 0.6) is 0 Å². The molecule has 6 heteroatoms. The Balaban J connectivity index is 2.09. The lowest BCUT2D eigenvalue weighted by molar-refractivity contribution is -0.229. The van der Waals surface area contributed by atoms with Gasteiger partial charge in [-0.2, -0.15) is 0 Å². The van der Waals surface area contributed by atoms with Crippen LogP contribution in [0.1, 0.15) is 13.8 Å². The van der Waals surface area contributed by atoms with Crippen LogP contribution in [-0.2, 0) is 18.9 Å². The molecule has 2 saturated heterocycles. The van der Waals surface area contributed by atoms with Crippen LogP contribution in [0.15, 0.2) is 0 Å². The van der Waals surface area contributed by atoms with Gasteiger partial charge in [0.25, 0.3) is 0 Å². The normalized spacial score (nSPS) is 43.3. The Morgan fingerprint density at radius 3 is 2.62 bits per heavy atom. The number of hydrogen-bond donors (Lipinski definition) is 2. The molecule has 0 radical (unpaired) electrons. The summed E-state index contributed by atoms with van der Waals surface area (Å²) in [6.45, 7) is 3.20. The predicted octanol–water partition coefficient (Wildman–Crippen LogP) is -0.769. The standard InChI is InChI=1S/C10H18O6/c1-10(2)15-8-7(13-3)6(5(12)4-11)14-9(8)16-10/h5-9,11-12H,4H2,1-3H3. The first-order chi connectivity index (χ1) is 7.48. The molecule has 0 aromatic carbocycles. The Kier molecular flexibility index (Phi) is 3.22. The van der Waals surface area contributed by atoms with Gasteiger partial charge in [-0.3, -0.25) is 0 Å². The van der Waals surface area contributed by atoms with Gasteiger partial charge in [0, 0.05) is 7.11 Å². The molecule has 6 nitrogen and oxygen atoms in total. The van der Waals surface area contributed by atoms with Gasteiger partial charge in [-0.1, -0.05) is 0 Å². The summed E-state index contributed by atoms with van der Waals surface area (Å²) in [6, 6.07) is 0. The third kappa shape index (κ3) is 1.97. The van der Waals surface area contributed by atoms with Crippen LogP contribution in [0.3, 0.4) is 0 Å². The van der Waals surface area contributed by atoms with Crippen LogP contribution >= 0.6 is 0 Å². The summed E-state index contributed by atoms with van der Waals surface area (Å²) in [5.41, 5.74) is 0. The van der Waals surface area contributed by atoms with Crippen molar-refractivity contribution in [1.29, 1.82) is 0 Å². The lowest BCUT2D eigenvalue weighted by Crippen LogP contribution is -2.43. The zero-order valence-corrected chi connectivity index (χ0v) is 9.62. The number of aliphatic hydroxyl groups excluding tert-OH is 2. The van der Waals surface area contributed by atoms with Gasteiger partial charge in [-0.05, 0) is 13.8 Å². The third-order valence-corrected chi connectivity index (χ3v) is 2.87. The molecule has 0 saturated carbocycles. The zero-order valence-electron chi connectivity index (χ0n) is 9.62. The molecule has 2 rings (SSSR count). The molecule has 2 aliphatic rings. The molecular weight excluding hydrogens is 216 g/mol. The third-order valence-electron chi connectivity index (χ3n) is 2.87. The molecule has 2 N–H and O–H groups in total. The van der Waals surface area contributed by atoms with Gasteiger partial charge in [0.2, 0.25) is 0 Å². The summed E-state index contributed by atoms with van der Waals surface area (Å²) in [4.78, 5) is 0. The van der Waals surface area contributed by atoms with Crippen molar-refractivity contribution in [1.82, 2.24) is 0 Å². The van der Waals surface area contributed by atoms with Crippen molar-refractivity contribution in [3.8, 4) is 0 Å². The van der Waals surface area contributed by atoms with E-state index in [1.807, 2.05) is 0 Å². The van der Waals surface area contributed by atoms with Gasteiger partial charge in [0.1, 0.15) is 24.4 Å². The Morgan fingerprint density at radius 2 is 2.06 bits per heavy atom. The Labute approximate surface area is 94.1 Å². The average Bonchev–Trinajstić information content (AvgIpc) is 2.68. The molecule has 0 aromatic heterocycles. The number of ether oxygens (including phenoxy) is 4. The lowest BCUT2D eigenvalue weighted by Gasteiger charge is -2.26. The number of aliphatic hydroxyl groups is 2. The van der Waals surface area contributed by atoms with Gasteiger partial charge in [-0.25, -0.2) is 0 Å². The van der Waals surface area contributed by atoms with Gasteiger partial charge in [-0.15, -0.1) is 0 Å². The Morgan fingerprint density at radius 1 is 1.38 bits per heavy atom. The number of rotatable bonds is 3. The maximum Gasteiger partial charge on any atom is 0.190 e. The maximum atomic E-state index is 9.58. The SMILES string of the molecule is COC1C(C(O)CO)OC2OC(C)(C)OC21. The van der Waals surface area contributed by atoms with E-state index in [4.69, 9.17) is 24.1 Å². The fourth-order valence-electron chi connectivity index (χ4n) is 2.19. The van der Waals surface area contributed by atoms with Crippen molar-refractivity contribution in [2.75, 3.05) is 13.7 Å². The first-order valence-corrected chi connectivity index (χ1v) is 5.31. The molecule has 16 heavy (non-hydrogen) atoms. The topological polar surface area (TPSA) is 77.4 Å². The Bertz CT molecular complexity index is 256. The van der Waals surface area contributed by atoms with E-state index in [2.05, 4.69) is 0 Å². The number of fused-ring (bicyclic) bond motifs is 1. The minimum absolute atomic E-state index is 0.369. The summed E-state index contributed by atoms with van der Waals surface area (Å²) in [6.07, 6.45) is -2.97. The molecule has 0 amide bonds. The first-order valence-electron chi connectivity index (χ1n) is 5.31. The molecule has 5 atom stereocenters. The van der Waals surface area contributed by atoms with E-state index in [1.54, 1.807) is 13.8 Å². The highest BCUT2D eigenvalue weighted by atomic mass is 16.8. The van der Waals surface area contributed by atoms with E-state index >= 15 is 0 Å². The second-order valence-corrected chi connectivity index (χ2v) is 4.52. The molecule has 0 bridgehead atoms. The van der Waals surface area contributed by atoms with Crippen LogP contribution in [0.2, 0.25) is 0 Å². The van der Waals surface area contributed by atoms with Crippen LogP contribution in [0, 0.1) is 0 Å². The summed E-state index contributed by atoms with van der Waals surface area (Å²) < 4.78 is 21.9. The highest BCUT2D eigenvalue weighted by Gasteiger charge is 2.56. The predicted molar refractivity (Wildman–Crippen MR) is 52.6 cm³/mol. The van der Waals surface area contributed by atoms with Gasteiger partial charge < -0.3 is 29.2 Å². The summed E-state index contributed by atoms with van der Waals surface area (Å²) in [5.74, 6) is -0.707. The van der Waals surface area contributed by atoms with Gasteiger partial charge >= 0.3 is 0 Å². The quantitative estimate of drug-likeness (QED) is 0.668. The van der Waals surface area contributed by atoms with Crippen LogP contribution in [-0.4, -0.2) is 60.4 Å². The van der Waals surface area contributed by atoms with E-state index < -0.39 is 30.4 Å². The highest BCUT2D eigenvalue weighted by Crippen LogP contribution is 2.39. The largest absolute Gasteiger partial charge is 0.394 e. The van der Waals surface area contributed by atoms with E-state index in [1.165, 1.54) is 7.11 Å². The summed E-state index contributed by atoms with van der Waals surface area (Å²) >= 11 is 0. The zero-order chi connectivity index (χ0) is 11.9. The fraction of sp³-hybridized carbons (Fsp3) is 1.00. The molecule has 2 aliphatic heterocycles. The molecule has 2 fully saturated rings. The van der Waals surface area contributed by atoms with Crippen molar-refractivity contribution in [3.63, 3.8) is 0 Å². The minimum Gasteiger partial charge on any atom is -0.394 e. The molecule has 2 heterocycles. The van der Waals surface area contributed by atoms with Crippen molar-refractivity contribution in [2.24, 2.45) is 0 Å². The van der Waals surface area contributed by atoms with Gasteiger partial charge in [0.15, 0.2) is 12.1 Å². The van der Waals surface area contributed by atoms with E-state index in [9.17, 15) is 5.11 Å². The van der Waals surface area contributed by atoms with Crippen LogP contribution in [0.25, 0.3) is 0 Å². The second-order valence-electron chi connectivity index (χ2n) is 4.52. The minimum atomic E-state index is -0.995. The molecule has 0 aromatic rings. The monoisotopic (exact) mass is 234 g/mol. The molecule has 0 aliphatic carbocycles. The Hall–Kier alpha value is -0.240. The molecule has 0 spiro atoms.